The number of hydrogen-bond acceptors (Lipinski definition) is 2. The maximum Gasteiger partial charge on any atom is 0.387 e. The third kappa shape index (κ3) is 2.89. The smallest absolute Gasteiger partial charge is 0.387 e. The Morgan fingerprint density at radius 2 is 2.13 bits per heavy atom. The summed E-state index contributed by atoms with van der Waals surface area (Å²) in [5.74, 6) is -0.439. The maximum atomic E-state index is 12.0. The molecule has 0 bridgehead atoms. The minimum atomic E-state index is -2.94. The van der Waals surface area contributed by atoms with Gasteiger partial charge in [-0.15, -0.1) is 0 Å². The number of ether oxygens (including phenoxy) is 1. The number of carbonyl (C=O) groups excluding carboxylic acids is 1. The highest BCUT2D eigenvalue weighted by atomic mass is 79.9. The molecule has 0 fully saturated rings. The number of alkyl halides is 2. The van der Waals surface area contributed by atoms with Crippen molar-refractivity contribution in [2.45, 2.75) is 13.5 Å². The Hall–Kier alpha value is -0.680. The quantitative estimate of drug-likeness (QED) is 0.791. The van der Waals surface area contributed by atoms with Crippen molar-refractivity contribution in [2.75, 3.05) is 0 Å². The van der Waals surface area contributed by atoms with Gasteiger partial charge in [0, 0.05) is 0 Å². The molecule has 15 heavy (non-hydrogen) atoms. The second-order valence-corrected chi connectivity index (χ2v) is 3.87. The zero-order valence-corrected chi connectivity index (χ0v) is 9.90. The van der Waals surface area contributed by atoms with Crippen molar-refractivity contribution in [1.29, 1.82) is 0 Å². The third-order valence-electron chi connectivity index (χ3n) is 1.62. The van der Waals surface area contributed by atoms with E-state index in [0.29, 0.717) is 0 Å². The van der Waals surface area contributed by atoms with Crippen molar-refractivity contribution in [2.24, 2.45) is 0 Å². The predicted octanol–water partition coefficient (Wildman–Crippen LogP) is 3.91. The molecule has 0 aliphatic heterocycles. The van der Waals surface area contributed by atoms with E-state index in [0.717, 1.165) is 0 Å². The van der Waals surface area contributed by atoms with E-state index in [1.165, 1.54) is 19.1 Å². The Labute approximate surface area is 98.3 Å². The van der Waals surface area contributed by atoms with Gasteiger partial charge in [-0.1, -0.05) is 11.6 Å². The Bertz CT molecular complexity index is 396. The van der Waals surface area contributed by atoms with Crippen LogP contribution in [-0.4, -0.2) is 12.4 Å². The van der Waals surface area contributed by atoms with Crippen LogP contribution < -0.4 is 4.74 Å². The molecule has 0 spiro atoms. The molecule has 0 N–H and O–H groups in total. The largest absolute Gasteiger partial charge is 0.434 e. The molecule has 1 aromatic carbocycles. The second-order valence-electron chi connectivity index (χ2n) is 2.67. The molecule has 1 aromatic rings. The summed E-state index contributed by atoms with van der Waals surface area (Å²) in [6, 6.07) is 2.60. The van der Waals surface area contributed by atoms with Crippen molar-refractivity contribution in [3.63, 3.8) is 0 Å². The third-order valence-corrected chi connectivity index (χ3v) is 2.73. The van der Waals surface area contributed by atoms with Crippen LogP contribution in [-0.2, 0) is 0 Å². The van der Waals surface area contributed by atoms with Gasteiger partial charge in [0.2, 0.25) is 0 Å². The minimum Gasteiger partial charge on any atom is -0.434 e. The highest BCUT2D eigenvalue weighted by Crippen LogP contribution is 2.34. The van der Waals surface area contributed by atoms with Crippen LogP contribution in [0.5, 0.6) is 5.75 Å². The zero-order valence-electron chi connectivity index (χ0n) is 7.56. The lowest BCUT2D eigenvalue weighted by molar-refractivity contribution is -0.0504. The van der Waals surface area contributed by atoms with Gasteiger partial charge in [0.15, 0.2) is 5.78 Å². The van der Waals surface area contributed by atoms with Crippen LogP contribution in [0.3, 0.4) is 0 Å². The van der Waals surface area contributed by atoms with Gasteiger partial charge in [0.1, 0.15) is 5.75 Å². The predicted molar refractivity (Wildman–Crippen MR) is 55.8 cm³/mol. The van der Waals surface area contributed by atoms with Crippen LogP contribution >= 0.6 is 27.5 Å². The fraction of sp³-hybridized carbons (Fsp3) is 0.222. The molecule has 0 saturated carbocycles. The summed E-state index contributed by atoms with van der Waals surface area (Å²) < 4.78 is 28.3. The lowest BCUT2D eigenvalue weighted by atomic mass is 10.1. The number of ketones is 1. The molecule has 0 radical (unpaired) electrons. The summed E-state index contributed by atoms with van der Waals surface area (Å²) in [5, 5.41) is 0.191. The number of rotatable bonds is 3. The number of hydrogen-bond donors (Lipinski definition) is 0. The SMILES string of the molecule is CC(=O)c1c(Cl)ccc(OC(F)F)c1Br. The fourth-order valence-corrected chi connectivity index (χ4v) is 2.17. The molecule has 82 valence electrons. The van der Waals surface area contributed by atoms with Crippen molar-refractivity contribution in [3.8, 4) is 5.75 Å². The van der Waals surface area contributed by atoms with Crippen molar-refractivity contribution in [3.05, 3.63) is 27.2 Å². The lowest BCUT2D eigenvalue weighted by Crippen LogP contribution is -2.05. The molecule has 0 aromatic heterocycles. The highest BCUT2D eigenvalue weighted by molar-refractivity contribution is 9.10. The summed E-state index contributed by atoms with van der Waals surface area (Å²) in [6.07, 6.45) is 0. The van der Waals surface area contributed by atoms with Crippen molar-refractivity contribution in [1.82, 2.24) is 0 Å². The van der Waals surface area contributed by atoms with Crippen molar-refractivity contribution < 1.29 is 18.3 Å². The van der Waals surface area contributed by atoms with E-state index in [-0.39, 0.29) is 26.6 Å². The lowest BCUT2D eigenvalue weighted by Gasteiger charge is -2.10. The normalized spacial score (nSPS) is 10.5. The molecule has 0 unspecified atom stereocenters. The van der Waals surface area contributed by atoms with Crippen LogP contribution in [0.1, 0.15) is 17.3 Å². The van der Waals surface area contributed by atoms with Gasteiger partial charge in [-0.3, -0.25) is 4.79 Å². The Balaban J connectivity index is 3.22. The van der Waals surface area contributed by atoms with Gasteiger partial charge >= 0.3 is 6.61 Å². The van der Waals surface area contributed by atoms with Gasteiger partial charge in [0.05, 0.1) is 15.1 Å². The van der Waals surface area contributed by atoms with E-state index < -0.39 is 6.61 Å². The Kier molecular flexibility index (Phi) is 4.04. The molecular formula is C9H6BrClF2O2. The van der Waals surface area contributed by atoms with E-state index in [1.807, 2.05) is 0 Å². The van der Waals surface area contributed by atoms with Crippen LogP contribution in [0.25, 0.3) is 0 Å². The monoisotopic (exact) mass is 298 g/mol. The topological polar surface area (TPSA) is 26.3 Å². The number of halogens is 4. The second kappa shape index (κ2) is 4.90. The molecule has 1 rings (SSSR count). The highest BCUT2D eigenvalue weighted by Gasteiger charge is 2.17. The summed E-state index contributed by atoms with van der Waals surface area (Å²) in [4.78, 5) is 11.2. The molecule has 0 atom stereocenters. The van der Waals surface area contributed by atoms with E-state index in [1.54, 1.807) is 0 Å². The Morgan fingerprint density at radius 3 is 2.60 bits per heavy atom. The number of carbonyl (C=O) groups is 1. The minimum absolute atomic E-state index is 0.111. The Morgan fingerprint density at radius 1 is 1.53 bits per heavy atom. The number of benzene rings is 1. The molecule has 0 amide bonds. The fourth-order valence-electron chi connectivity index (χ4n) is 1.04. The van der Waals surface area contributed by atoms with Crippen molar-refractivity contribution >= 4 is 33.3 Å². The molecule has 2 nitrogen and oxygen atoms in total. The summed E-state index contributed by atoms with van der Waals surface area (Å²) >= 11 is 8.74. The first-order chi connectivity index (χ1) is 6.93. The average molecular weight is 299 g/mol. The van der Waals surface area contributed by atoms with Crippen LogP contribution in [0.15, 0.2) is 16.6 Å². The first-order valence-electron chi connectivity index (χ1n) is 3.87. The summed E-state index contributed by atoms with van der Waals surface area (Å²) in [6.45, 7) is -1.65. The molecule has 0 heterocycles. The van der Waals surface area contributed by atoms with Crippen LogP contribution in [0.2, 0.25) is 5.02 Å². The van der Waals surface area contributed by atoms with Gasteiger partial charge in [-0.05, 0) is 35.0 Å². The molecule has 0 aliphatic carbocycles. The van der Waals surface area contributed by atoms with Crippen LogP contribution in [0, 0.1) is 0 Å². The van der Waals surface area contributed by atoms with Gasteiger partial charge < -0.3 is 4.74 Å². The van der Waals surface area contributed by atoms with Crippen LogP contribution in [0.4, 0.5) is 8.78 Å². The molecule has 0 saturated heterocycles. The van der Waals surface area contributed by atoms with Gasteiger partial charge in [-0.2, -0.15) is 8.78 Å². The molecule has 6 heteroatoms. The first-order valence-corrected chi connectivity index (χ1v) is 5.04. The van der Waals surface area contributed by atoms with Gasteiger partial charge in [0.25, 0.3) is 0 Å². The average Bonchev–Trinajstić information content (AvgIpc) is 2.09. The number of Topliss-reactive ketones (excluding diaryl/α,β-unsaturated/α-hetero) is 1. The first kappa shape index (κ1) is 12.4. The van der Waals surface area contributed by atoms with Gasteiger partial charge in [-0.25, -0.2) is 0 Å². The maximum absolute atomic E-state index is 12.0. The zero-order chi connectivity index (χ0) is 11.6. The van der Waals surface area contributed by atoms with E-state index >= 15 is 0 Å². The van der Waals surface area contributed by atoms with E-state index in [2.05, 4.69) is 20.7 Å². The molecular weight excluding hydrogens is 293 g/mol. The molecule has 0 aliphatic rings. The standard InChI is InChI=1S/C9H6BrClF2O2/c1-4(14)7-5(11)2-3-6(8(7)10)15-9(12)13/h2-3,9H,1H3. The van der Waals surface area contributed by atoms with E-state index in [9.17, 15) is 13.6 Å². The summed E-state index contributed by atoms with van der Waals surface area (Å²) in [5.41, 5.74) is 0.134. The van der Waals surface area contributed by atoms with E-state index in [4.69, 9.17) is 11.6 Å². The summed E-state index contributed by atoms with van der Waals surface area (Å²) in [7, 11) is 0.